The molecule has 1 saturated heterocycles. The van der Waals surface area contributed by atoms with Gasteiger partial charge in [0.15, 0.2) is 0 Å². The van der Waals surface area contributed by atoms with E-state index in [1.807, 2.05) is 29.2 Å². The number of aromatic amines is 1. The summed E-state index contributed by atoms with van der Waals surface area (Å²) in [5, 5.41) is 11.2. The minimum Gasteiger partial charge on any atom is -0.303 e. The smallest absolute Gasteiger partial charge is 0.303 e. The van der Waals surface area contributed by atoms with Crippen molar-refractivity contribution < 1.29 is 17.6 Å². The summed E-state index contributed by atoms with van der Waals surface area (Å²) in [6.45, 7) is 1.39. The van der Waals surface area contributed by atoms with E-state index in [2.05, 4.69) is 20.3 Å². The average molecular weight is 460 g/mol. The molecule has 0 bridgehead atoms. The highest BCUT2D eigenvalue weighted by atomic mass is 19.4. The first-order valence-electron chi connectivity index (χ1n) is 10.8. The summed E-state index contributed by atoms with van der Waals surface area (Å²) in [5.74, 6) is -0.0708. The van der Waals surface area contributed by atoms with E-state index in [1.54, 1.807) is 6.07 Å². The first-order valence-corrected chi connectivity index (χ1v) is 10.8. The fourth-order valence-corrected chi connectivity index (χ4v) is 4.17. The lowest BCUT2D eigenvalue weighted by molar-refractivity contribution is -0.138. The third-order valence-corrected chi connectivity index (χ3v) is 6.01. The Morgan fingerprint density at radius 2 is 1.88 bits per heavy atom. The van der Waals surface area contributed by atoms with Crippen LogP contribution in [0, 0.1) is 11.3 Å². The second kappa shape index (κ2) is 9.78. The number of halogens is 4. The molecule has 6 nitrogen and oxygen atoms in total. The first-order chi connectivity index (χ1) is 15.8. The van der Waals surface area contributed by atoms with Crippen molar-refractivity contribution in [2.75, 3.05) is 19.6 Å². The molecule has 33 heavy (non-hydrogen) atoms. The van der Waals surface area contributed by atoms with E-state index in [1.165, 1.54) is 18.3 Å². The molecule has 10 heteroatoms. The molecular weight excluding hydrogens is 436 g/mol. The number of benzene rings is 2. The average Bonchev–Trinajstić information content (AvgIpc) is 3.21. The van der Waals surface area contributed by atoms with Crippen LogP contribution in [0.15, 0.2) is 52.6 Å². The Morgan fingerprint density at radius 3 is 2.55 bits per heavy atom. The molecule has 174 valence electrons. The van der Waals surface area contributed by atoms with Gasteiger partial charge in [0.05, 0.1) is 23.3 Å². The molecule has 0 amide bonds. The van der Waals surface area contributed by atoms with Gasteiger partial charge in [-0.05, 0) is 61.7 Å². The van der Waals surface area contributed by atoms with Crippen LogP contribution in [0.2, 0.25) is 0 Å². The molecular formula is C23H24F4N6. The second-order valence-electron chi connectivity index (χ2n) is 8.22. The van der Waals surface area contributed by atoms with Gasteiger partial charge in [0.1, 0.15) is 11.9 Å². The fraction of sp³-hybridized carbons (Fsp3) is 0.391. The van der Waals surface area contributed by atoms with E-state index in [9.17, 15) is 17.6 Å². The third kappa shape index (κ3) is 5.81. The predicted octanol–water partition coefficient (Wildman–Crippen LogP) is 6.31. The third-order valence-electron chi connectivity index (χ3n) is 6.01. The van der Waals surface area contributed by atoms with Crippen molar-refractivity contribution in [1.29, 1.82) is 5.53 Å². The largest absolute Gasteiger partial charge is 0.390 e. The second-order valence-corrected chi connectivity index (χ2v) is 8.22. The van der Waals surface area contributed by atoms with Crippen LogP contribution in [0.1, 0.15) is 42.5 Å². The molecule has 0 spiro atoms. The number of piperidine rings is 1. The molecule has 0 saturated carbocycles. The van der Waals surface area contributed by atoms with E-state index in [0.717, 1.165) is 18.4 Å². The quantitative estimate of drug-likeness (QED) is 0.246. The number of hydrogen-bond acceptors (Lipinski definition) is 5. The van der Waals surface area contributed by atoms with Crippen molar-refractivity contribution >= 4 is 22.8 Å². The summed E-state index contributed by atoms with van der Waals surface area (Å²) in [5.41, 5.74) is 10.4. The Hall–Kier alpha value is -3.14. The maximum Gasteiger partial charge on any atom is 0.390 e. The van der Waals surface area contributed by atoms with E-state index in [-0.39, 0.29) is 12.4 Å². The van der Waals surface area contributed by atoms with Gasteiger partial charge in [-0.1, -0.05) is 12.1 Å². The number of likely N-dealkylation sites (tertiary alicyclic amines) is 1. The Bertz CT molecular complexity index is 1110. The number of aliphatic imine (C=N–C) groups is 1. The molecule has 0 radical (unpaired) electrons. The number of hydrogen-bond donors (Lipinski definition) is 2. The van der Waals surface area contributed by atoms with Crippen molar-refractivity contribution in [3.63, 3.8) is 0 Å². The van der Waals surface area contributed by atoms with Crippen LogP contribution in [0.4, 0.5) is 23.2 Å². The highest BCUT2D eigenvalue weighted by molar-refractivity contribution is 5.85. The number of rotatable bonds is 7. The van der Waals surface area contributed by atoms with Crippen molar-refractivity contribution in [2.45, 2.75) is 37.4 Å². The number of nitrogens with zero attached hydrogens (tertiary/aromatic N) is 4. The van der Waals surface area contributed by atoms with Gasteiger partial charge in [-0.15, -0.1) is 0 Å². The van der Waals surface area contributed by atoms with Crippen LogP contribution in [0.25, 0.3) is 10.9 Å². The maximum atomic E-state index is 13.4. The molecule has 1 aliphatic heterocycles. The summed E-state index contributed by atoms with van der Waals surface area (Å²) in [4.78, 5) is 6.30. The Balaban J connectivity index is 1.36. The lowest BCUT2D eigenvalue weighted by Crippen LogP contribution is -2.35. The van der Waals surface area contributed by atoms with Crippen LogP contribution in [-0.2, 0) is 0 Å². The van der Waals surface area contributed by atoms with Gasteiger partial charge in [-0.25, -0.2) is 9.92 Å². The van der Waals surface area contributed by atoms with Gasteiger partial charge in [-0.2, -0.15) is 23.4 Å². The highest BCUT2D eigenvalue weighted by Gasteiger charge is 2.29. The zero-order valence-corrected chi connectivity index (χ0v) is 17.8. The summed E-state index contributed by atoms with van der Waals surface area (Å²) in [7, 11) is 0. The van der Waals surface area contributed by atoms with Crippen LogP contribution in [-0.4, -0.2) is 47.1 Å². The zero-order valence-electron chi connectivity index (χ0n) is 17.8. The predicted molar refractivity (Wildman–Crippen MR) is 118 cm³/mol. The molecule has 2 heterocycles. The topological polar surface area (TPSA) is 80.5 Å². The summed E-state index contributed by atoms with van der Waals surface area (Å²) >= 11 is 0. The number of aromatic nitrogens is 2. The van der Waals surface area contributed by atoms with Gasteiger partial charge < -0.3 is 4.90 Å². The van der Waals surface area contributed by atoms with E-state index >= 15 is 0 Å². The van der Waals surface area contributed by atoms with E-state index < -0.39 is 18.6 Å². The van der Waals surface area contributed by atoms with Gasteiger partial charge in [0.25, 0.3) is 0 Å². The lowest BCUT2D eigenvalue weighted by Gasteiger charge is -2.32. The summed E-state index contributed by atoms with van der Waals surface area (Å²) in [6.07, 6.45) is -1.68. The standard InChI is InChI=1S/C23H24F4N6/c24-17-3-6-19-20(13-17)31-32-22(19)21(30-28)14-29-18-4-1-15(2-5-18)16-7-10-33(11-8-16)12-9-23(25,26)27/h1-6,13-14,16,21,28H,7-12H2,(H,31,32). The molecule has 1 unspecified atom stereocenters. The normalized spacial score (nSPS) is 17.1. The number of fused-ring (bicyclic) bond motifs is 1. The first kappa shape index (κ1) is 23.0. The van der Waals surface area contributed by atoms with E-state index in [0.29, 0.717) is 41.3 Å². The zero-order chi connectivity index (χ0) is 23.4. The van der Waals surface area contributed by atoms with Gasteiger partial charge >= 0.3 is 6.18 Å². The molecule has 2 N–H and O–H groups in total. The molecule has 2 aromatic carbocycles. The summed E-state index contributed by atoms with van der Waals surface area (Å²) in [6, 6.07) is 11.3. The lowest BCUT2D eigenvalue weighted by atomic mass is 9.89. The molecule has 0 aliphatic carbocycles. The maximum absolute atomic E-state index is 13.4. The van der Waals surface area contributed by atoms with Crippen LogP contribution in [0.3, 0.4) is 0 Å². The summed E-state index contributed by atoms with van der Waals surface area (Å²) < 4.78 is 50.6. The minimum atomic E-state index is -4.11. The fourth-order valence-electron chi connectivity index (χ4n) is 4.17. The number of H-pyrrole nitrogens is 1. The Kier molecular flexibility index (Phi) is 6.83. The SMILES string of the molecule is N=NC(C=Nc1ccc(C2CCN(CCC(F)(F)F)CC2)cc1)c1[nH]nc2cc(F)ccc12. The van der Waals surface area contributed by atoms with Gasteiger partial charge in [-0.3, -0.25) is 10.1 Å². The van der Waals surface area contributed by atoms with Gasteiger partial charge in [0.2, 0.25) is 0 Å². The Morgan fingerprint density at radius 1 is 1.15 bits per heavy atom. The molecule has 1 aromatic heterocycles. The van der Waals surface area contributed by atoms with Crippen molar-refractivity contribution in [1.82, 2.24) is 15.1 Å². The Labute approximate surface area is 188 Å². The molecule has 4 rings (SSSR count). The van der Waals surface area contributed by atoms with Gasteiger partial charge in [0, 0.05) is 24.2 Å². The minimum absolute atomic E-state index is 0.0622. The molecule has 3 aromatic rings. The van der Waals surface area contributed by atoms with Crippen molar-refractivity contribution in [3.05, 3.63) is 59.5 Å². The van der Waals surface area contributed by atoms with Crippen LogP contribution < -0.4 is 0 Å². The van der Waals surface area contributed by atoms with Crippen LogP contribution >= 0.6 is 0 Å². The van der Waals surface area contributed by atoms with Crippen molar-refractivity contribution in [3.8, 4) is 0 Å². The van der Waals surface area contributed by atoms with E-state index in [4.69, 9.17) is 5.53 Å². The molecule has 1 fully saturated rings. The monoisotopic (exact) mass is 460 g/mol. The molecule has 1 atom stereocenters. The molecule has 1 aliphatic rings. The van der Waals surface area contributed by atoms with Crippen molar-refractivity contribution in [2.24, 2.45) is 10.1 Å². The van der Waals surface area contributed by atoms with Crippen LogP contribution in [0.5, 0.6) is 0 Å². The number of nitrogens with one attached hydrogen (secondary N) is 2. The highest BCUT2D eigenvalue weighted by Crippen LogP contribution is 2.31. The number of alkyl halides is 3.